The van der Waals surface area contributed by atoms with Gasteiger partial charge in [-0.25, -0.2) is 12.7 Å². The number of carbonyl (C=O) groups excluding carboxylic acids is 1. The molecule has 0 spiro atoms. The third-order valence-corrected chi connectivity index (χ3v) is 8.51. The van der Waals surface area contributed by atoms with Gasteiger partial charge in [0.05, 0.1) is 15.8 Å². The lowest BCUT2D eigenvalue weighted by Gasteiger charge is -2.30. The second kappa shape index (κ2) is 11.4. The minimum atomic E-state index is -3.52. The molecule has 1 heterocycles. The predicted molar refractivity (Wildman–Crippen MR) is 139 cm³/mol. The molecule has 0 radical (unpaired) electrons. The van der Waals surface area contributed by atoms with Gasteiger partial charge in [-0.1, -0.05) is 59.6 Å². The van der Waals surface area contributed by atoms with Gasteiger partial charge in [-0.15, -0.1) is 0 Å². The van der Waals surface area contributed by atoms with Crippen LogP contribution in [-0.2, 0) is 27.2 Å². The number of ether oxygens (including phenoxy) is 1. The highest BCUT2D eigenvalue weighted by Gasteiger charge is 2.31. The molecule has 9 heteroatoms. The maximum absolute atomic E-state index is 12.8. The number of benzene rings is 3. The summed E-state index contributed by atoms with van der Waals surface area (Å²) in [7, 11) is -3.52. The highest BCUT2D eigenvalue weighted by molar-refractivity contribution is 7.88. The summed E-state index contributed by atoms with van der Waals surface area (Å²) >= 11 is 11.9. The van der Waals surface area contributed by atoms with Crippen LogP contribution in [-0.4, -0.2) is 31.7 Å². The summed E-state index contributed by atoms with van der Waals surface area (Å²) in [4.78, 5) is 12.7. The molecule has 0 atom stereocenters. The van der Waals surface area contributed by atoms with Gasteiger partial charge >= 0.3 is 0 Å². The van der Waals surface area contributed by atoms with Crippen LogP contribution in [0.2, 0.25) is 10.0 Å². The summed E-state index contributed by atoms with van der Waals surface area (Å²) < 4.78 is 32.9. The number of nitrogens with one attached hydrogen (secondary N) is 1. The zero-order valence-electron chi connectivity index (χ0n) is 19.0. The molecule has 1 N–H and O–H groups in total. The number of hydrogen-bond acceptors (Lipinski definition) is 4. The van der Waals surface area contributed by atoms with Crippen molar-refractivity contribution in [3.63, 3.8) is 0 Å². The van der Waals surface area contributed by atoms with Gasteiger partial charge in [0.2, 0.25) is 15.9 Å². The highest BCUT2D eigenvalue weighted by Crippen LogP contribution is 2.27. The summed E-state index contributed by atoms with van der Waals surface area (Å²) in [5.74, 6) is 0.205. The van der Waals surface area contributed by atoms with Crippen LogP contribution in [0.25, 0.3) is 0 Å². The van der Waals surface area contributed by atoms with Gasteiger partial charge < -0.3 is 10.1 Å². The maximum Gasteiger partial charge on any atom is 0.227 e. The molecule has 0 unspecified atom stereocenters. The molecule has 184 valence electrons. The first kappa shape index (κ1) is 25.5. The van der Waals surface area contributed by atoms with Crippen LogP contribution in [0.15, 0.2) is 72.8 Å². The molecule has 3 aromatic carbocycles. The SMILES string of the molecule is O=C(Nc1ccc(OCc2ccccc2)cc1)C1CCN(S(=O)(=O)Cc2ccc(Cl)c(Cl)c2)CC1. The van der Waals surface area contributed by atoms with E-state index in [1.807, 2.05) is 42.5 Å². The summed E-state index contributed by atoms with van der Waals surface area (Å²) in [6.45, 7) is 1.07. The van der Waals surface area contributed by atoms with Crippen molar-refractivity contribution in [3.05, 3.63) is 94.0 Å². The van der Waals surface area contributed by atoms with Gasteiger partial charge in [0.25, 0.3) is 0 Å². The summed E-state index contributed by atoms with van der Waals surface area (Å²) in [5.41, 5.74) is 2.34. The number of halogens is 2. The molecule has 1 amide bonds. The van der Waals surface area contributed by atoms with Crippen molar-refractivity contribution in [3.8, 4) is 5.75 Å². The average molecular weight is 533 g/mol. The Kier molecular flexibility index (Phi) is 8.34. The summed E-state index contributed by atoms with van der Waals surface area (Å²) in [6, 6.07) is 21.9. The first-order valence-corrected chi connectivity index (χ1v) is 13.7. The molecular formula is C26H26Cl2N2O4S. The molecule has 35 heavy (non-hydrogen) atoms. The van der Waals surface area contributed by atoms with Crippen LogP contribution >= 0.6 is 23.2 Å². The molecular weight excluding hydrogens is 507 g/mol. The van der Waals surface area contributed by atoms with E-state index >= 15 is 0 Å². The number of nitrogens with zero attached hydrogens (tertiary/aromatic N) is 1. The van der Waals surface area contributed by atoms with E-state index in [9.17, 15) is 13.2 Å². The Morgan fingerprint density at radius 2 is 1.60 bits per heavy atom. The average Bonchev–Trinajstić information content (AvgIpc) is 2.86. The van der Waals surface area contributed by atoms with Gasteiger partial charge in [0.15, 0.2) is 0 Å². The van der Waals surface area contributed by atoms with Crippen LogP contribution < -0.4 is 10.1 Å². The topological polar surface area (TPSA) is 75.7 Å². The van der Waals surface area contributed by atoms with Crippen molar-refractivity contribution in [2.24, 2.45) is 5.92 Å². The Bertz CT molecular complexity index is 1260. The largest absolute Gasteiger partial charge is 0.489 e. The van der Waals surface area contributed by atoms with E-state index in [0.29, 0.717) is 59.6 Å². The third-order valence-electron chi connectivity index (χ3n) is 5.92. The molecule has 1 aliphatic rings. The molecule has 0 bridgehead atoms. The van der Waals surface area contributed by atoms with Gasteiger partial charge in [-0.3, -0.25) is 4.79 Å². The van der Waals surface area contributed by atoms with E-state index in [1.165, 1.54) is 4.31 Å². The lowest BCUT2D eigenvalue weighted by atomic mass is 9.97. The first-order chi connectivity index (χ1) is 16.8. The Hall–Kier alpha value is -2.58. The fourth-order valence-corrected chi connectivity index (χ4v) is 5.82. The van der Waals surface area contributed by atoms with E-state index in [4.69, 9.17) is 27.9 Å². The fraction of sp³-hybridized carbons (Fsp3) is 0.269. The summed E-state index contributed by atoms with van der Waals surface area (Å²) in [6.07, 6.45) is 0.926. The van der Waals surface area contributed by atoms with Crippen LogP contribution in [0, 0.1) is 5.92 Å². The van der Waals surface area contributed by atoms with E-state index in [-0.39, 0.29) is 17.6 Å². The third kappa shape index (κ3) is 6.98. The highest BCUT2D eigenvalue weighted by atomic mass is 35.5. The second-order valence-corrected chi connectivity index (χ2v) is 11.2. The maximum atomic E-state index is 12.8. The minimum Gasteiger partial charge on any atom is -0.489 e. The summed E-state index contributed by atoms with van der Waals surface area (Å²) in [5, 5.41) is 3.64. The Balaban J connectivity index is 1.26. The van der Waals surface area contributed by atoms with Crippen molar-refractivity contribution in [1.82, 2.24) is 4.31 Å². The van der Waals surface area contributed by atoms with Gasteiger partial charge in [-0.2, -0.15) is 0 Å². The Morgan fingerprint density at radius 1 is 0.914 bits per heavy atom. The van der Waals surface area contributed by atoms with Crippen molar-refractivity contribution < 1.29 is 17.9 Å². The van der Waals surface area contributed by atoms with Crippen LogP contribution in [0.3, 0.4) is 0 Å². The zero-order valence-corrected chi connectivity index (χ0v) is 21.3. The normalized spacial score (nSPS) is 15.0. The number of carbonyl (C=O) groups is 1. The number of rotatable bonds is 8. The molecule has 1 fully saturated rings. The van der Waals surface area contributed by atoms with Crippen LogP contribution in [0.1, 0.15) is 24.0 Å². The monoisotopic (exact) mass is 532 g/mol. The molecule has 4 rings (SSSR count). The molecule has 0 aromatic heterocycles. The molecule has 0 saturated carbocycles. The second-order valence-electron chi connectivity index (χ2n) is 8.47. The minimum absolute atomic E-state index is 0.107. The fourth-order valence-electron chi connectivity index (χ4n) is 3.95. The molecule has 1 saturated heterocycles. The van der Waals surface area contributed by atoms with Crippen molar-refractivity contribution in [2.75, 3.05) is 18.4 Å². The van der Waals surface area contributed by atoms with Gasteiger partial charge in [0.1, 0.15) is 12.4 Å². The molecule has 3 aromatic rings. The van der Waals surface area contributed by atoms with E-state index in [1.54, 1.807) is 30.3 Å². The smallest absolute Gasteiger partial charge is 0.227 e. The molecule has 6 nitrogen and oxygen atoms in total. The first-order valence-electron chi connectivity index (χ1n) is 11.3. The standard InChI is InChI=1S/C26H26Cl2N2O4S/c27-24-11-6-20(16-25(24)28)18-35(32,33)30-14-12-21(13-15-30)26(31)29-22-7-9-23(10-8-22)34-17-19-4-2-1-3-5-19/h1-11,16,21H,12-15,17-18H2,(H,29,31). The Labute approximate surface area is 215 Å². The molecule has 1 aliphatic heterocycles. The van der Waals surface area contributed by atoms with E-state index in [2.05, 4.69) is 5.32 Å². The number of piperidine rings is 1. The lowest BCUT2D eigenvalue weighted by Crippen LogP contribution is -2.41. The van der Waals surface area contributed by atoms with Crippen molar-refractivity contribution in [2.45, 2.75) is 25.2 Å². The number of sulfonamides is 1. The predicted octanol–water partition coefficient (Wildman–Crippen LogP) is 5.75. The Morgan fingerprint density at radius 3 is 2.26 bits per heavy atom. The number of amides is 1. The van der Waals surface area contributed by atoms with Crippen LogP contribution in [0.5, 0.6) is 5.75 Å². The lowest BCUT2D eigenvalue weighted by molar-refractivity contribution is -0.120. The quantitative estimate of drug-likeness (QED) is 0.400. The van der Waals surface area contributed by atoms with Gasteiger partial charge in [-0.05, 0) is 60.4 Å². The zero-order chi connectivity index (χ0) is 24.8. The van der Waals surface area contributed by atoms with E-state index < -0.39 is 10.0 Å². The van der Waals surface area contributed by atoms with Crippen LogP contribution in [0.4, 0.5) is 5.69 Å². The number of anilines is 1. The van der Waals surface area contributed by atoms with Crippen molar-refractivity contribution in [1.29, 1.82) is 0 Å². The van der Waals surface area contributed by atoms with Crippen molar-refractivity contribution >= 4 is 44.8 Å². The number of hydrogen-bond donors (Lipinski definition) is 1. The van der Waals surface area contributed by atoms with E-state index in [0.717, 1.165) is 5.56 Å². The molecule has 0 aliphatic carbocycles. The van der Waals surface area contributed by atoms with Gasteiger partial charge in [0, 0.05) is 24.7 Å².